The van der Waals surface area contributed by atoms with Crippen LogP contribution >= 0.6 is 0 Å². The Labute approximate surface area is 268 Å². The highest BCUT2D eigenvalue weighted by atomic mass is 16.5. The molecule has 46 heavy (non-hydrogen) atoms. The second kappa shape index (κ2) is 9.54. The largest absolute Gasteiger partial charge is 0.456 e. The van der Waals surface area contributed by atoms with Gasteiger partial charge in [0.05, 0.1) is 5.41 Å². The third-order valence-electron chi connectivity index (χ3n) is 10.1. The van der Waals surface area contributed by atoms with Crippen LogP contribution in [0, 0.1) is 0 Å². The van der Waals surface area contributed by atoms with E-state index in [2.05, 4.69) is 170 Å². The lowest BCUT2D eigenvalue weighted by Gasteiger charge is -2.34. The zero-order valence-corrected chi connectivity index (χ0v) is 25.1. The van der Waals surface area contributed by atoms with E-state index < -0.39 is 5.41 Å². The molecule has 8 aromatic carbocycles. The minimum Gasteiger partial charge on any atom is -0.456 e. The lowest BCUT2D eigenvalue weighted by Crippen LogP contribution is -2.28. The van der Waals surface area contributed by atoms with Gasteiger partial charge in [-0.2, -0.15) is 0 Å². The molecule has 0 spiro atoms. The van der Waals surface area contributed by atoms with E-state index >= 15 is 0 Å². The lowest BCUT2D eigenvalue weighted by atomic mass is 9.67. The second-order valence-electron chi connectivity index (χ2n) is 12.5. The molecule has 0 fully saturated rings. The number of hydrogen-bond donors (Lipinski definition) is 0. The first kappa shape index (κ1) is 25.4. The SMILES string of the molecule is c1ccc(C2(c3ccc(-c4ccc5c(c4)Oc4cccc6cccc-5c46)cc3)c3ccccc3-c3cc4ccccc4cc32)cc1. The summed E-state index contributed by atoms with van der Waals surface area (Å²) in [6.45, 7) is 0. The van der Waals surface area contributed by atoms with Gasteiger partial charge < -0.3 is 4.74 Å². The summed E-state index contributed by atoms with van der Waals surface area (Å²) in [6, 6.07) is 62.1. The molecular formula is C45H28O. The minimum atomic E-state index is -0.433. The van der Waals surface area contributed by atoms with Gasteiger partial charge >= 0.3 is 0 Å². The van der Waals surface area contributed by atoms with Crippen LogP contribution in [-0.4, -0.2) is 0 Å². The van der Waals surface area contributed by atoms with Crippen molar-refractivity contribution in [2.75, 3.05) is 0 Å². The van der Waals surface area contributed by atoms with Crippen LogP contribution in [0.1, 0.15) is 22.3 Å². The summed E-state index contributed by atoms with van der Waals surface area (Å²) in [7, 11) is 0. The van der Waals surface area contributed by atoms with E-state index in [-0.39, 0.29) is 0 Å². The van der Waals surface area contributed by atoms with Crippen molar-refractivity contribution < 1.29 is 4.74 Å². The summed E-state index contributed by atoms with van der Waals surface area (Å²) < 4.78 is 6.50. The van der Waals surface area contributed by atoms with Crippen molar-refractivity contribution in [2.45, 2.75) is 5.41 Å². The van der Waals surface area contributed by atoms with Crippen LogP contribution in [0.2, 0.25) is 0 Å². The Hall–Kier alpha value is -5.92. The molecule has 1 heterocycles. The Morgan fingerprint density at radius 1 is 0.348 bits per heavy atom. The Morgan fingerprint density at radius 3 is 1.85 bits per heavy atom. The van der Waals surface area contributed by atoms with E-state index in [1.54, 1.807) is 0 Å². The maximum atomic E-state index is 6.50. The summed E-state index contributed by atoms with van der Waals surface area (Å²) >= 11 is 0. The van der Waals surface area contributed by atoms with Crippen LogP contribution in [-0.2, 0) is 5.41 Å². The maximum absolute atomic E-state index is 6.50. The molecule has 10 rings (SSSR count). The maximum Gasteiger partial charge on any atom is 0.135 e. The lowest BCUT2D eigenvalue weighted by molar-refractivity contribution is 0.487. The molecule has 0 N–H and O–H groups in total. The van der Waals surface area contributed by atoms with Gasteiger partial charge in [-0.1, -0.05) is 140 Å². The van der Waals surface area contributed by atoms with E-state index in [1.807, 2.05) is 0 Å². The average Bonchev–Trinajstić information content (AvgIpc) is 3.41. The summed E-state index contributed by atoms with van der Waals surface area (Å²) in [4.78, 5) is 0. The molecule has 8 aromatic rings. The fourth-order valence-corrected chi connectivity index (χ4v) is 8.10. The van der Waals surface area contributed by atoms with Crippen LogP contribution in [0.5, 0.6) is 11.5 Å². The van der Waals surface area contributed by atoms with Crippen molar-refractivity contribution in [3.8, 4) is 44.9 Å². The number of ether oxygens (including phenoxy) is 1. The molecule has 1 aliphatic heterocycles. The van der Waals surface area contributed by atoms with Crippen LogP contribution in [0.25, 0.3) is 54.9 Å². The van der Waals surface area contributed by atoms with Gasteiger partial charge in [0.15, 0.2) is 0 Å². The van der Waals surface area contributed by atoms with Crippen molar-refractivity contribution in [3.63, 3.8) is 0 Å². The van der Waals surface area contributed by atoms with E-state index in [9.17, 15) is 0 Å². The molecule has 1 atom stereocenters. The highest BCUT2D eigenvalue weighted by Gasteiger charge is 2.46. The fraction of sp³-hybridized carbons (Fsp3) is 0.0222. The predicted octanol–water partition coefficient (Wildman–Crippen LogP) is 11.8. The monoisotopic (exact) mass is 584 g/mol. The van der Waals surface area contributed by atoms with Crippen molar-refractivity contribution in [1.29, 1.82) is 0 Å². The van der Waals surface area contributed by atoms with Gasteiger partial charge in [0.2, 0.25) is 0 Å². The van der Waals surface area contributed by atoms with Crippen molar-refractivity contribution in [1.82, 2.24) is 0 Å². The summed E-state index contributed by atoms with van der Waals surface area (Å²) in [5.41, 5.74) is 12.1. The number of hydrogen-bond acceptors (Lipinski definition) is 1. The molecule has 0 bridgehead atoms. The van der Waals surface area contributed by atoms with Crippen LogP contribution in [0.4, 0.5) is 0 Å². The van der Waals surface area contributed by atoms with Crippen LogP contribution in [0.3, 0.4) is 0 Å². The molecule has 2 aliphatic rings. The van der Waals surface area contributed by atoms with Gasteiger partial charge in [0, 0.05) is 10.9 Å². The average molecular weight is 585 g/mol. The Morgan fingerprint density at radius 2 is 1.00 bits per heavy atom. The van der Waals surface area contributed by atoms with Gasteiger partial charge in [-0.3, -0.25) is 0 Å². The van der Waals surface area contributed by atoms with Crippen LogP contribution in [0.15, 0.2) is 170 Å². The normalized spacial score (nSPS) is 15.7. The summed E-state index contributed by atoms with van der Waals surface area (Å²) in [5.74, 6) is 1.82. The molecule has 1 nitrogen and oxygen atoms in total. The van der Waals surface area contributed by atoms with E-state index in [0.717, 1.165) is 22.6 Å². The Balaban J connectivity index is 1.15. The number of fused-ring (bicyclic) bond motifs is 6. The zero-order valence-electron chi connectivity index (χ0n) is 25.1. The molecule has 0 saturated heterocycles. The fourth-order valence-electron chi connectivity index (χ4n) is 8.10. The van der Waals surface area contributed by atoms with Gasteiger partial charge in [-0.25, -0.2) is 0 Å². The van der Waals surface area contributed by atoms with Crippen molar-refractivity contribution in [2.24, 2.45) is 0 Å². The van der Waals surface area contributed by atoms with Gasteiger partial charge in [-0.15, -0.1) is 0 Å². The van der Waals surface area contributed by atoms with Gasteiger partial charge in [-0.05, 0) is 96.6 Å². The third-order valence-corrected chi connectivity index (χ3v) is 10.1. The van der Waals surface area contributed by atoms with Crippen LogP contribution < -0.4 is 4.74 Å². The van der Waals surface area contributed by atoms with E-state index in [1.165, 1.54) is 66.1 Å². The number of rotatable bonds is 3. The molecule has 214 valence electrons. The summed E-state index contributed by atoms with van der Waals surface area (Å²) in [6.07, 6.45) is 0. The van der Waals surface area contributed by atoms with Gasteiger partial charge in [0.1, 0.15) is 11.5 Å². The first-order valence-corrected chi connectivity index (χ1v) is 15.9. The molecule has 1 heteroatoms. The molecule has 0 radical (unpaired) electrons. The molecule has 1 unspecified atom stereocenters. The predicted molar refractivity (Wildman–Crippen MR) is 190 cm³/mol. The van der Waals surface area contributed by atoms with E-state index in [0.29, 0.717) is 0 Å². The third kappa shape index (κ3) is 3.46. The smallest absolute Gasteiger partial charge is 0.135 e. The molecule has 0 aromatic heterocycles. The molecule has 0 saturated carbocycles. The first-order chi connectivity index (χ1) is 22.8. The quantitative estimate of drug-likeness (QED) is 0.201. The van der Waals surface area contributed by atoms with E-state index in [4.69, 9.17) is 4.74 Å². The molecular weight excluding hydrogens is 556 g/mol. The van der Waals surface area contributed by atoms with Gasteiger partial charge in [0.25, 0.3) is 0 Å². The molecule has 0 amide bonds. The summed E-state index contributed by atoms with van der Waals surface area (Å²) in [5, 5.41) is 4.92. The minimum absolute atomic E-state index is 0.433. The zero-order chi connectivity index (χ0) is 30.2. The second-order valence-corrected chi connectivity index (χ2v) is 12.5. The standard InChI is InChI=1S/C45H28O/c1-2-14-34(15-3-1)45(40-18-7-6-16-36(40)39-26-31-10-4-5-11-32(31)27-41(39)45)35-23-20-29(21-24-35)33-22-25-37-38-17-8-12-30-13-9-19-42(44(30)38)46-43(37)28-33/h1-28H. The Bertz CT molecular complexity index is 2480. The molecule has 1 aliphatic carbocycles. The highest BCUT2D eigenvalue weighted by Crippen LogP contribution is 2.57. The topological polar surface area (TPSA) is 9.23 Å². The van der Waals surface area contributed by atoms with Crippen molar-refractivity contribution in [3.05, 3.63) is 192 Å². The first-order valence-electron chi connectivity index (χ1n) is 15.9. The van der Waals surface area contributed by atoms with Crippen molar-refractivity contribution >= 4 is 21.5 Å². The Kier molecular flexibility index (Phi) is 5.27. The number of benzene rings is 8. The highest BCUT2D eigenvalue weighted by molar-refractivity contribution is 6.04.